The highest BCUT2D eigenvalue weighted by atomic mass is 16.2. The number of nitrogens with one attached hydrogen (secondary N) is 1. The van der Waals surface area contributed by atoms with Crippen LogP contribution in [0, 0.1) is 0 Å². The molecule has 2 aromatic carbocycles. The molecule has 0 radical (unpaired) electrons. The third-order valence-electron chi connectivity index (χ3n) is 7.64. The van der Waals surface area contributed by atoms with Crippen LogP contribution in [0.5, 0.6) is 0 Å². The number of unbranched alkanes of at least 4 members (excludes halogenated alkanes) is 15. The molecule has 0 bridgehead atoms. The monoisotopic (exact) mass is 533 g/mol. The normalized spacial score (nSPS) is 12.7. The molecule has 6 heteroatoms. The Morgan fingerprint density at radius 2 is 1.15 bits per heavy atom. The van der Waals surface area contributed by atoms with Gasteiger partial charge < -0.3 is 11.1 Å². The van der Waals surface area contributed by atoms with Gasteiger partial charge in [-0.15, -0.1) is 0 Å². The molecular formula is C33H47N3O3. The van der Waals surface area contributed by atoms with E-state index in [2.05, 4.69) is 12.2 Å². The van der Waals surface area contributed by atoms with E-state index in [9.17, 15) is 14.4 Å². The Kier molecular flexibility index (Phi) is 13.0. The highest BCUT2D eigenvalue weighted by Gasteiger charge is 2.35. The fourth-order valence-corrected chi connectivity index (χ4v) is 5.23. The Labute approximate surface area is 234 Å². The van der Waals surface area contributed by atoms with E-state index >= 15 is 0 Å². The molecule has 0 unspecified atom stereocenters. The molecular weight excluding hydrogens is 486 g/mol. The van der Waals surface area contributed by atoms with Crippen molar-refractivity contribution in [3.8, 4) is 0 Å². The number of amides is 3. The summed E-state index contributed by atoms with van der Waals surface area (Å²) in [7, 11) is 0. The van der Waals surface area contributed by atoms with Crippen LogP contribution in [-0.2, 0) is 0 Å². The van der Waals surface area contributed by atoms with E-state index in [1.165, 1.54) is 88.4 Å². The number of carbonyl (C=O) groups is 3. The van der Waals surface area contributed by atoms with Crippen molar-refractivity contribution >= 4 is 29.1 Å². The van der Waals surface area contributed by atoms with E-state index in [1.807, 2.05) is 0 Å². The molecule has 1 heterocycles. The molecule has 6 nitrogen and oxygen atoms in total. The molecule has 3 N–H and O–H groups in total. The summed E-state index contributed by atoms with van der Waals surface area (Å²) in [4.78, 5) is 39.6. The highest BCUT2D eigenvalue weighted by molar-refractivity contribution is 6.22. The van der Waals surface area contributed by atoms with Crippen molar-refractivity contribution in [1.29, 1.82) is 0 Å². The van der Waals surface area contributed by atoms with Gasteiger partial charge in [0, 0.05) is 23.5 Å². The van der Waals surface area contributed by atoms with Gasteiger partial charge in [0.25, 0.3) is 17.7 Å². The first kappa shape index (κ1) is 30.4. The van der Waals surface area contributed by atoms with Gasteiger partial charge in [-0.25, -0.2) is 0 Å². The maximum atomic E-state index is 12.9. The van der Waals surface area contributed by atoms with Crippen LogP contribution in [0.2, 0.25) is 0 Å². The maximum absolute atomic E-state index is 12.9. The van der Waals surface area contributed by atoms with Gasteiger partial charge in [-0.3, -0.25) is 19.3 Å². The lowest BCUT2D eigenvalue weighted by Gasteiger charge is -2.13. The van der Waals surface area contributed by atoms with E-state index in [-0.39, 0.29) is 17.7 Å². The number of nitrogens with two attached hydrogens (primary N) is 1. The number of benzene rings is 2. The van der Waals surface area contributed by atoms with Gasteiger partial charge in [-0.1, -0.05) is 103 Å². The van der Waals surface area contributed by atoms with Gasteiger partial charge >= 0.3 is 0 Å². The van der Waals surface area contributed by atoms with E-state index < -0.39 is 0 Å². The van der Waals surface area contributed by atoms with E-state index in [0.29, 0.717) is 34.6 Å². The minimum Gasteiger partial charge on any atom is -0.399 e. The van der Waals surface area contributed by atoms with Crippen LogP contribution in [0.25, 0.3) is 0 Å². The van der Waals surface area contributed by atoms with Crippen LogP contribution in [-0.4, -0.2) is 29.2 Å². The number of fused-ring (bicyclic) bond motifs is 1. The van der Waals surface area contributed by atoms with Crippen LogP contribution in [0.1, 0.15) is 141 Å². The Bertz CT molecular complexity index is 1060. The standard InChI is InChI=1S/C33H47N3O3/c1-2-3-4-5-6-7-8-9-10-11-12-13-14-15-16-17-24-36-32(38)29-23-22-28(25-30(29)33(36)39)35-31(37)26-18-20-27(34)21-19-26/h18-23,25H,2-17,24,34H2,1H3,(H,35,37). The van der Waals surface area contributed by atoms with Gasteiger partial charge in [-0.05, 0) is 48.9 Å². The number of anilines is 2. The molecule has 0 aliphatic carbocycles. The zero-order valence-electron chi connectivity index (χ0n) is 23.8. The third-order valence-corrected chi connectivity index (χ3v) is 7.64. The smallest absolute Gasteiger partial charge is 0.261 e. The molecule has 3 rings (SSSR count). The van der Waals surface area contributed by atoms with Crippen molar-refractivity contribution in [2.45, 2.75) is 110 Å². The zero-order valence-corrected chi connectivity index (χ0v) is 23.8. The number of nitrogen functional groups attached to an aromatic ring is 1. The largest absolute Gasteiger partial charge is 0.399 e. The summed E-state index contributed by atoms with van der Waals surface area (Å²) in [5, 5.41) is 2.80. The molecule has 0 fully saturated rings. The molecule has 212 valence electrons. The first-order chi connectivity index (χ1) is 19.0. The van der Waals surface area contributed by atoms with Crippen LogP contribution >= 0.6 is 0 Å². The van der Waals surface area contributed by atoms with Gasteiger partial charge in [-0.2, -0.15) is 0 Å². The number of hydrogen-bond donors (Lipinski definition) is 2. The zero-order chi connectivity index (χ0) is 27.9. The van der Waals surface area contributed by atoms with Crippen molar-refractivity contribution in [3.63, 3.8) is 0 Å². The predicted molar refractivity (Wildman–Crippen MR) is 160 cm³/mol. The SMILES string of the molecule is CCCCCCCCCCCCCCCCCCN1C(=O)c2ccc(NC(=O)c3ccc(N)cc3)cc2C1=O. The lowest BCUT2D eigenvalue weighted by molar-refractivity contribution is 0.0651. The van der Waals surface area contributed by atoms with Crippen molar-refractivity contribution in [1.82, 2.24) is 4.90 Å². The minimum atomic E-state index is -0.295. The molecule has 3 amide bonds. The average Bonchev–Trinajstić information content (AvgIpc) is 3.17. The van der Waals surface area contributed by atoms with Gasteiger partial charge in [0.1, 0.15) is 0 Å². The molecule has 0 spiro atoms. The lowest BCUT2D eigenvalue weighted by Crippen LogP contribution is -2.30. The maximum Gasteiger partial charge on any atom is 0.261 e. The minimum absolute atomic E-state index is 0.243. The quantitative estimate of drug-likeness (QED) is 0.108. The molecule has 0 saturated carbocycles. The number of nitrogens with zero attached hydrogens (tertiary/aromatic N) is 1. The molecule has 2 aromatic rings. The number of rotatable bonds is 19. The Morgan fingerprint density at radius 3 is 1.69 bits per heavy atom. The van der Waals surface area contributed by atoms with E-state index in [4.69, 9.17) is 5.73 Å². The summed E-state index contributed by atoms with van der Waals surface area (Å²) in [6.45, 7) is 2.71. The predicted octanol–water partition coefficient (Wildman–Crippen LogP) is 8.38. The van der Waals surface area contributed by atoms with Crippen molar-refractivity contribution in [2.75, 3.05) is 17.6 Å². The first-order valence-corrected chi connectivity index (χ1v) is 15.2. The van der Waals surface area contributed by atoms with E-state index in [1.54, 1.807) is 42.5 Å². The summed E-state index contributed by atoms with van der Waals surface area (Å²) >= 11 is 0. The average molecular weight is 534 g/mol. The van der Waals surface area contributed by atoms with Gasteiger partial charge in [0.2, 0.25) is 0 Å². The lowest BCUT2D eigenvalue weighted by atomic mass is 10.0. The summed E-state index contributed by atoms with van der Waals surface area (Å²) in [5.41, 5.74) is 7.98. The van der Waals surface area contributed by atoms with Gasteiger partial charge in [0.05, 0.1) is 11.1 Å². The molecule has 39 heavy (non-hydrogen) atoms. The second-order valence-corrected chi connectivity index (χ2v) is 10.9. The molecule has 0 aromatic heterocycles. The molecule has 0 atom stereocenters. The Hall–Kier alpha value is -3.15. The van der Waals surface area contributed by atoms with Crippen LogP contribution in [0.4, 0.5) is 11.4 Å². The second kappa shape index (κ2) is 16.7. The summed E-state index contributed by atoms with van der Waals surface area (Å²) in [5.74, 6) is -0.816. The number of imide groups is 1. The number of carbonyl (C=O) groups excluding carboxylic acids is 3. The molecule has 0 saturated heterocycles. The molecule has 1 aliphatic rings. The number of hydrogen-bond acceptors (Lipinski definition) is 4. The fraction of sp³-hybridized carbons (Fsp3) is 0.545. The highest BCUT2D eigenvalue weighted by Crippen LogP contribution is 2.27. The molecule has 1 aliphatic heterocycles. The van der Waals surface area contributed by atoms with Crippen molar-refractivity contribution in [2.24, 2.45) is 0 Å². The van der Waals surface area contributed by atoms with Crippen molar-refractivity contribution < 1.29 is 14.4 Å². The summed E-state index contributed by atoms with van der Waals surface area (Å²) in [6.07, 6.45) is 20.6. The Balaban J connectivity index is 1.27. The summed E-state index contributed by atoms with van der Waals surface area (Å²) in [6, 6.07) is 11.5. The van der Waals surface area contributed by atoms with Crippen LogP contribution in [0.15, 0.2) is 42.5 Å². The van der Waals surface area contributed by atoms with Crippen LogP contribution < -0.4 is 11.1 Å². The summed E-state index contributed by atoms with van der Waals surface area (Å²) < 4.78 is 0. The van der Waals surface area contributed by atoms with Crippen molar-refractivity contribution in [3.05, 3.63) is 59.2 Å². The fourth-order valence-electron chi connectivity index (χ4n) is 5.23. The first-order valence-electron chi connectivity index (χ1n) is 15.2. The third kappa shape index (κ3) is 9.83. The second-order valence-electron chi connectivity index (χ2n) is 10.9. The topological polar surface area (TPSA) is 92.5 Å². The Morgan fingerprint density at radius 1 is 0.667 bits per heavy atom. The van der Waals surface area contributed by atoms with E-state index in [0.717, 1.165) is 19.3 Å². The van der Waals surface area contributed by atoms with Crippen LogP contribution in [0.3, 0.4) is 0 Å². The van der Waals surface area contributed by atoms with Gasteiger partial charge in [0.15, 0.2) is 0 Å².